The molecule has 1 heterocycles. The molecule has 0 aromatic heterocycles. The van der Waals surface area contributed by atoms with Crippen molar-refractivity contribution in [3.05, 3.63) is 35.4 Å². The largest absolute Gasteiger partial charge is 0.387 e. The third-order valence-electron chi connectivity index (χ3n) is 5.14. The van der Waals surface area contributed by atoms with E-state index in [0.717, 1.165) is 43.9 Å². The molecule has 0 radical (unpaired) electrons. The molecule has 1 N–H and O–H groups in total. The van der Waals surface area contributed by atoms with Gasteiger partial charge in [0.05, 0.1) is 6.10 Å². The Bertz CT molecular complexity index is 582. The van der Waals surface area contributed by atoms with E-state index in [1.165, 1.54) is 0 Å². The predicted molar refractivity (Wildman–Crippen MR) is 86.3 cm³/mol. The van der Waals surface area contributed by atoms with E-state index < -0.39 is 17.7 Å². The highest BCUT2D eigenvalue weighted by Gasteiger charge is 2.30. The summed E-state index contributed by atoms with van der Waals surface area (Å²) in [7, 11) is 0. The topological polar surface area (TPSA) is 43.8 Å². The third kappa shape index (κ3) is 3.92. The summed E-state index contributed by atoms with van der Waals surface area (Å²) in [6.07, 6.45) is 3.20. The van der Waals surface area contributed by atoms with Gasteiger partial charge in [0.2, 0.25) is 5.91 Å². The molecule has 1 amide bonds. The molecule has 4 nitrogen and oxygen atoms in total. The fourth-order valence-electron chi connectivity index (χ4n) is 3.69. The van der Waals surface area contributed by atoms with Crippen LogP contribution in [0.2, 0.25) is 0 Å². The Hall–Kier alpha value is -1.53. The summed E-state index contributed by atoms with van der Waals surface area (Å²) < 4.78 is 27.0. The molecule has 132 valence electrons. The number of carbonyl (C=O) groups is 1. The number of rotatable bonds is 4. The monoisotopic (exact) mass is 338 g/mol. The number of hydrogen-bond acceptors (Lipinski definition) is 3. The minimum Gasteiger partial charge on any atom is -0.387 e. The van der Waals surface area contributed by atoms with Crippen LogP contribution < -0.4 is 0 Å². The Balaban J connectivity index is 1.51. The molecule has 1 atom stereocenters. The molecule has 2 aliphatic rings. The molecule has 1 aromatic rings. The number of aliphatic hydroxyl groups excluding tert-OH is 1. The first kappa shape index (κ1) is 17.3. The number of hydrogen-bond donors (Lipinski definition) is 1. The van der Waals surface area contributed by atoms with Gasteiger partial charge < -0.3 is 10.0 Å². The van der Waals surface area contributed by atoms with Gasteiger partial charge in [-0.15, -0.1) is 0 Å². The Morgan fingerprint density at radius 1 is 1.17 bits per heavy atom. The van der Waals surface area contributed by atoms with Gasteiger partial charge in [0.15, 0.2) is 0 Å². The standard InChI is InChI=1S/C18H24F2N2O2/c19-14-5-6-16(20)15(11-14)17(23)12-21-7-9-22(10-8-21)18(24)13-3-1-2-4-13/h5-6,11,13,17,23H,1-4,7-10,12H2. The number of nitrogens with zero attached hydrogens (tertiary/aromatic N) is 2. The van der Waals surface area contributed by atoms with E-state index >= 15 is 0 Å². The van der Waals surface area contributed by atoms with Gasteiger partial charge in [0.25, 0.3) is 0 Å². The zero-order valence-corrected chi connectivity index (χ0v) is 13.8. The number of piperazine rings is 1. The van der Waals surface area contributed by atoms with Gasteiger partial charge in [0.1, 0.15) is 11.6 Å². The zero-order valence-electron chi connectivity index (χ0n) is 13.8. The Labute approximate surface area is 141 Å². The van der Waals surface area contributed by atoms with Crippen molar-refractivity contribution >= 4 is 5.91 Å². The number of benzene rings is 1. The molecular weight excluding hydrogens is 314 g/mol. The zero-order chi connectivity index (χ0) is 17.1. The minimum atomic E-state index is -1.07. The van der Waals surface area contributed by atoms with E-state index in [1.807, 2.05) is 9.80 Å². The van der Waals surface area contributed by atoms with Crippen molar-refractivity contribution in [3.63, 3.8) is 0 Å². The van der Waals surface area contributed by atoms with Crippen molar-refractivity contribution in [1.82, 2.24) is 9.80 Å². The van der Waals surface area contributed by atoms with Gasteiger partial charge in [-0.3, -0.25) is 9.69 Å². The lowest BCUT2D eigenvalue weighted by Crippen LogP contribution is -2.50. The van der Waals surface area contributed by atoms with Crippen LogP contribution in [0.5, 0.6) is 0 Å². The van der Waals surface area contributed by atoms with Crippen molar-refractivity contribution in [2.75, 3.05) is 32.7 Å². The van der Waals surface area contributed by atoms with Crippen LogP contribution in [0.15, 0.2) is 18.2 Å². The number of β-amino-alcohol motifs (C(OH)–C–C–N with tert-alkyl or cyclic N) is 1. The van der Waals surface area contributed by atoms with Gasteiger partial charge in [-0.25, -0.2) is 8.78 Å². The summed E-state index contributed by atoms with van der Waals surface area (Å²) in [4.78, 5) is 16.3. The molecule has 0 bridgehead atoms. The molecule has 0 spiro atoms. The van der Waals surface area contributed by atoms with E-state index in [4.69, 9.17) is 0 Å². The van der Waals surface area contributed by atoms with Crippen LogP contribution in [0.4, 0.5) is 8.78 Å². The lowest BCUT2D eigenvalue weighted by molar-refractivity contribution is -0.137. The molecular formula is C18H24F2N2O2. The quantitative estimate of drug-likeness (QED) is 0.916. The summed E-state index contributed by atoms with van der Waals surface area (Å²) in [5, 5.41) is 10.2. The van der Waals surface area contributed by atoms with Gasteiger partial charge in [-0.1, -0.05) is 12.8 Å². The van der Waals surface area contributed by atoms with E-state index in [0.29, 0.717) is 26.2 Å². The van der Waals surface area contributed by atoms with Crippen molar-refractivity contribution in [2.45, 2.75) is 31.8 Å². The molecule has 2 fully saturated rings. The second kappa shape index (κ2) is 7.57. The second-order valence-corrected chi connectivity index (χ2v) is 6.79. The van der Waals surface area contributed by atoms with E-state index in [9.17, 15) is 18.7 Å². The van der Waals surface area contributed by atoms with Crippen LogP contribution in [0.3, 0.4) is 0 Å². The third-order valence-corrected chi connectivity index (χ3v) is 5.14. The molecule has 1 saturated heterocycles. The Morgan fingerprint density at radius 2 is 1.83 bits per heavy atom. The fourth-order valence-corrected chi connectivity index (χ4v) is 3.69. The highest BCUT2D eigenvalue weighted by molar-refractivity contribution is 5.79. The van der Waals surface area contributed by atoms with E-state index in [1.54, 1.807) is 0 Å². The first-order chi connectivity index (χ1) is 11.5. The fraction of sp³-hybridized carbons (Fsp3) is 0.611. The van der Waals surface area contributed by atoms with Gasteiger partial charge in [-0.2, -0.15) is 0 Å². The van der Waals surface area contributed by atoms with E-state index in [-0.39, 0.29) is 23.9 Å². The molecule has 1 saturated carbocycles. The first-order valence-corrected chi connectivity index (χ1v) is 8.69. The number of halogens is 2. The Kier molecular flexibility index (Phi) is 5.46. The average Bonchev–Trinajstić information content (AvgIpc) is 3.11. The highest BCUT2D eigenvalue weighted by Crippen LogP contribution is 2.27. The normalized spacial score (nSPS) is 21.2. The number of aliphatic hydroxyl groups is 1. The second-order valence-electron chi connectivity index (χ2n) is 6.79. The lowest BCUT2D eigenvalue weighted by Gasteiger charge is -2.36. The SMILES string of the molecule is O=C(C1CCCC1)N1CCN(CC(O)c2cc(F)ccc2F)CC1. The van der Waals surface area contributed by atoms with Crippen LogP contribution in [0.1, 0.15) is 37.4 Å². The summed E-state index contributed by atoms with van der Waals surface area (Å²) in [6, 6.07) is 3.12. The van der Waals surface area contributed by atoms with Crippen LogP contribution in [-0.4, -0.2) is 53.5 Å². The Morgan fingerprint density at radius 3 is 2.50 bits per heavy atom. The summed E-state index contributed by atoms with van der Waals surface area (Å²) in [5.74, 6) is -0.719. The number of amides is 1. The summed E-state index contributed by atoms with van der Waals surface area (Å²) in [5.41, 5.74) is -0.0144. The molecule has 1 aliphatic carbocycles. The smallest absolute Gasteiger partial charge is 0.225 e. The van der Waals surface area contributed by atoms with Gasteiger partial charge in [-0.05, 0) is 31.0 Å². The van der Waals surface area contributed by atoms with Crippen LogP contribution in [-0.2, 0) is 4.79 Å². The van der Waals surface area contributed by atoms with Crippen molar-refractivity contribution < 1.29 is 18.7 Å². The minimum absolute atomic E-state index is 0.0144. The molecule has 1 aliphatic heterocycles. The van der Waals surface area contributed by atoms with Crippen molar-refractivity contribution in [1.29, 1.82) is 0 Å². The van der Waals surface area contributed by atoms with Crippen LogP contribution in [0, 0.1) is 17.6 Å². The maximum Gasteiger partial charge on any atom is 0.225 e. The first-order valence-electron chi connectivity index (χ1n) is 8.69. The van der Waals surface area contributed by atoms with Crippen molar-refractivity contribution in [2.24, 2.45) is 5.92 Å². The number of carbonyl (C=O) groups excluding carboxylic acids is 1. The van der Waals surface area contributed by atoms with Crippen LogP contribution >= 0.6 is 0 Å². The highest BCUT2D eigenvalue weighted by atomic mass is 19.1. The molecule has 1 unspecified atom stereocenters. The van der Waals surface area contributed by atoms with Crippen molar-refractivity contribution in [3.8, 4) is 0 Å². The summed E-state index contributed by atoms with van der Waals surface area (Å²) in [6.45, 7) is 2.80. The molecule has 6 heteroatoms. The maximum absolute atomic E-state index is 13.7. The molecule has 24 heavy (non-hydrogen) atoms. The lowest BCUT2D eigenvalue weighted by atomic mass is 10.1. The average molecular weight is 338 g/mol. The molecule has 3 rings (SSSR count). The summed E-state index contributed by atoms with van der Waals surface area (Å²) >= 11 is 0. The van der Waals surface area contributed by atoms with E-state index in [2.05, 4.69) is 0 Å². The molecule has 1 aromatic carbocycles. The predicted octanol–water partition coefficient (Wildman–Crippen LogP) is 2.33. The van der Waals surface area contributed by atoms with Gasteiger partial charge >= 0.3 is 0 Å². The maximum atomic E-state index is 13.7. The van der Waals surface area contributed by atoms with Gasteiger partial charge in [0, 0.05) is 44.2 Å². The van der Waals surface area contributed by atoms with Crippen LogP contribution in [0.25, 0.3) is 0 Å².